The van der Waals surface area contributed by atoms with Gasteiger partial charge in [-0.25, -0.2) is 18.3 Å². The lowest BCUT2D eigenvalue weighted by atomic mass is 10.3. The lowest BCUT2D eigenvalue weighted by Gasteiger charge is -2.05. The van der Waals surface area contributed by atoms with Gasteiger partial charge in [-0.3, -0.25) is 0 Å². The van der Waals surface area contributed by atoms with Crippen molar-refractivity contribution in [3.05, 3.63) is 46.9 Å². The Morgan fingerprint density at radius 1 is 1.14 bits per heavy atom. The number of aromatic amines is 1. The highest BCUT2D eigenvalue weighted by Crippen LogP contribution is 2.21. The van der Waals surface area contributed by atoms with Crippen LogP contribution in [0.5, 0.6) is 5.75 Å². The van der Waals surface area contributed by atoms with Gasteiger partial charge in [0.25, 0.3) is 0 Å². The number of fused-ring (bicyclic) bond motifs is 1. The van der Waals surface area contributed by atoms with Crippen LogP contribution in [0, 0.1) is 0 Å². The van der Waals surface area contributed by atoms with E-state index in [0.717, 1.165) is 4.52 Å². The quantitative estimate of drug-likeness (QED) is 0.744. The molecule has 0 saturated heterocycles. The number of nitrogens with one attached hydrogen (secondary N) is 1. The van der Waals surface area contributed by atoms with Crippen molar-refractivity contribution in [2.24, 2.45) is 0 Å². The van der Waals surface area contributed by atoms with Crippen LogP contribution in [0.1, 0.15) is 0 Å². The molecule has 0 aliphatic rings. The SMILES string of the molecule is COc1ccc(S(=O)(=O)c2ccc3n[nH]c(=O)n3n2)cc1. The summed E-state index contributed by atoms with van der Waals surface area (Å²) >= 11 is 0. The predicted octanol–water partition coefficient (Wildman–Crippen LogP) is 0.259. The van der Waals surface area contributed by atoms with Crippen LogP contribution in [0.4, 0.5) is 0 Å². The van der Waals surface area contributed by atoms with Crippen molar-refractivity contribution in [2.75, 3.05) is 7.11 Å². The summed E-state index contributed by atoms with van der Waals surface area (Å²) in [6, 6.07) is 8.61. The Bertz CT molecular complexity index is 957. The smallest absolute Gasteiger partial charge is 0.364 e. The van der Waals surface area contributed by atoms with Gasteiger partial charge in [0.05, 0.1) is 12.0 Å². The third-order valence-corrected chi connectivity index (χ3v) is 4.56. The highest BCUT2D eigenvalue weighted by molar-refractivity contribution is 7.91. The molecule has 8 nitrogen and oxygen atoms in total. The highest BCUT2D eigenvalue weighted by atomic mass is 32.2. The number of hydrogen-bond donors (Lipinski definition) is 1. The van der Waals surface area contributed by atoms with Crippen molar-refractivity contribution < 1.29 is 13.2 Å². The van der Waals surface area contributed by atoms with E-state index in [-0.39, 0.29) is 15.6 Å². The number of methoxy groups -OCH3 is 1. The summed E-state index contributed by atoms with van der Waals surface area (Å²) in [7, 11) is -2.33. The minimum Gasteiger partial charge on any atom is -0.497 e. The molecule has 0 amide bonds. The Labute approximate surface area is 118 Å². The molecule has 108 valence electrons. The summed E-state index contributed by atoms with van der Waals surface area (Å²) in [5.74, 6) is 0.545. The van der Waals surface area contributed by atoms with Gasteiger partial charge in [-0.2, -0.15) is 9.61 Å². The lowest BCUT2D eigenvalue weighted by Crippen LogP contribution is -2.15. The molecule has 0 aliphatic heterocycles. The summed E-state index contributed by atoms with van der Waals surface area (Å²) in [6.45, 7) is 0. The Balaban J connectivity index is 2.14. The van der Waals surface area contributed by atoms with E-state index < -0.39 is 15.5 Å². The topological polar surface area (TPSA) is 106 Å². The van der Waals surface area contributed by atoms with Crippen molar-refractivity contribution >= 4 is 15.5 Å². The van der Waals surface area contributed by atoms with E-state index in [0.29, 0.717) is 5.75 Å². The zero-order valence-corrected chi connectivity index (χ0v) is 11.7. The number of benzene rings is 1. The molecule has 2 heterocycles. The third kappa shape index (κ3) is 2.17. The van der Waals surface area contributed by atoms with Gasteiger partial charge in [0.1, 0.15) is 5.75 Å². The molecule has 3 aromatic rings. The van der Waals surface area contributed by atoms with E-state index >= 15 is 0 Å². The molecule has 0 fully saturated rings. The first-order valence-corrected chi connectivity index (χ1v) is 7.34. The average Bonchev–Trinajstić information content (AvgIpc) is 2.88. The highest BCUT2D eigenvalue weighted by Gasteiger charge is 2.20. The van der Waals surface area contributed by atoms with E-state index in [1.165, 1.54) is 43.5 Å². The molecule has 0 aliphatic carbocycles. The number of nitrogens with zero attached hydrogens (tertiary/aromatic N) is 3. The Kier molecular flexibility index (Phi) is 2.98. The largest absolute Gasteiger partial charge is 0.497 e. The minimum absolute atomic E-state index is 0.0618. The number of rotatable bonds is 3. The Hall–Kier alpha value is -2.68. The number of H-pyrrole nitrogens is 1. The number of hydrogen-bond acceptors (Lipinski definition) is 6. The second kappa shape index (κ2) is 4.70. The van der Waals surface area contributed by atoms with Crippen LogP contribution in [-0.4, -0.2) is 35.3 Å². The molecule has 1 aromatic carbocycles. The number of ether oxygens (including phenoxy) is 1. The molecule has 0 bridgehead atoms. The molecule has 1 N–H and O–H groups in total. The normalized spacial score (nSPS) is 11.7. The molecule has 3 rings (SSSR count). The van der Waals surface area contributed by atoms with Gasteiger partial charge in [0, 0.05) is 0 Å². The van der Waals surface area contributed by atoms with Crippen molar-refractivity contribution in [1.29, 1.82) is 0 Å². The van der Waals surface area contributed by atoms with Crippen molar-refractivity contribution in [3.63, 3.8) is 0 Å². The van der Waals surface area contributed by atoms with Gasteiger partial charge < -0.3 is 4.74 Å². The zero-order chi connectivity index (χ0) is 15.0. The van der Waals surface area contributed by atoms with E-state index in [1.807, 2.05) is 0 Å². The summed E-state index contributed by atoms with van der Waals surface area (Å²) in [5, 5.41) is 9.47. The van der Waals surface area contributed by atoms with E-state index in [9.17, 15) is 13.2 Å². The average molecular weight is 306 g/mol. The van der Waals surface area contributed by atoms with Crippen molar-refractivity contribution in [2.45, 2.75) is 9.92 Å². The molecule has 0 spiro atoms. The van der Waals surface area contributed by atoms with E-state index in [2.05, 4.69) is 15.3 Å². The molecule has 0 atom stereocenters. The van der Waals surface area contributed by atoms with Gasteiger partial charge in [0.15, 0.2) is 10.7 Å². The maximum Gasteiger partial charge on any atom is 0.364 e. The molecule has 0 unspecified atom stereocenters. The number of sulfone groups is 1. The molecular formula is C12H10N4O4S. The van der Waals surface area contributed by atoms with Crippen LogP contribution in [0.2, 0.25) is 0 Å². The zero-order valence-electron chi connectivity index (χ0n) is 10.8. The Morgan fingerprint density at radius 3 is 2.52 bits per heavy atom. The second-order valence-electron chi connectivity index (χ2n) is 4.15. The van der Waals surface area contributed by atoms with Gasteiger partial charge in [-0.1, -0.05) is 0 Å². The fourth-order valence-electron chi connectivity index (χ4n) is 1.81. The van der Waals surface area contributed by atoms with Crippen LogP contribution in [0.15, 0.2) is 51.1 Å². The van der Waals surface area contributed by atoms with Crippen LogP contribution in [0.25, 0.3) is 5.65 Å². The summed E-state index contributed by atoms with van der Waals surface area (Å²) in [6.07, 6.45) is 0. The van der Waals surface area contributed by atoms with Gasteiger partial charge >= 0.3 is 5.69 Å². The fraction of sp³-hybridized carbons (Fsp3) is 0.0833. The first-order valence-electron chi connectivity index (χ1n) is 5.86. The minimum atomic E-state index is -3.82. The van der Waals surface area contributed by atoms with Crippen LogP contribution in [0.3, 0.4) is 0 Å². The molecular weight excluding hydrogens is 296 g/mol. The molecule has 0 radical (unpaired) electrons. The Morgan fingerprint density at radius 2 is 1.86 bits per heavy atom. The summed E-state index contributed by atoms with van der Waals surface area (Å²) in [4.78, 5) is 11.5. The monoisotopic (exact) mass is 306 g/mol. The second-order valence-corrected chi connectivity index (χ2v) is 6.05. The van der Waals surface area contributed by atoms with Crippen LogP contribution < -0.4 is 10.4 Å². The van der Waals surface area contributed by atoms with Crippen molar-refractivity contribution in [3.8, 4) is 5.75 Å². The first-order chi connectivity index (χ1) is 10.0. The summed E-state index contributed by atoms with van der Waals surface area (Å²) in [5.41, 5.74) is -0.356. The van der Waals surface area contributed by atoms with E-state index in [4.69, 9.17) is 4.74 Å². The predicted molar refractivity (Wildman–Crippen MR) is 72.1 cm³/mol. The lowest BCUT2D eigenvalue weighted by molar-refractivity contribution is 0.414. The van der Waals surface area contributed by atoms with Crippen LogP contribution >= 0.6 is 0 Å². The fourth-order valence-corrected chi connectivity index (χ4v) is 2.98. The maximum absolute atomic E-state index is 12.5. The molecule has 2 aromatic heterocycles. The van der Waals surface area contributed by atoms with Gasteiger partial charge in [-0.15, -0.1) is 5.10 Å². The maximum atomic E-state index is 12.5. The van der Waals surface area contributed by atoms with Crippen LogP contribution in [-0.2, 0) is 9.84 Å². The third-order valence-electron chi connectivity index (χ3n) is 2.89. The standard InChI is InChI=1S/C12H10N4O4S/c1-20-8-2-4-9(5-3-8)21(18,19)11-7-6-10-13-14-12(17)16(10)15-11/h2-7H,1H3,(H,14,17). The molecule has 9 heteroatoms. The summed E-state index contributed by atoms with van der Waals surface area (Å²) < 4.78 is 30.8. The van der Waals surface area contributed by atoms with E-state index in [1.54, 1.807) is 0 Å². The molecule has 0 saturated carbocycles. The van der Waals surface area contributed by atoms with Crippen molar-refractivity contribution in [1.82, 2.24) is 19.8 Å². The number of aromatic nitrogens is 4. The first kappa shape index (κ1) is 13.3. The molecule has 21 heavy (non-hydrogen) atoms. The van der Waals surface area contributed by atoms with Gasteiger partial charge in [0.2, 0.25) is 9.84 Å². The van der Waals surface area contributed by atoms with Gasteiger partial charge in [-0.05, 0) is 36.4 Å².